The lowest BCUT2D eigenvalue weighted by molar-refractivity contribution is 0.696. The fourth-order valence-corrected chi connectivity index (χ4v) is 2.14. The second kappa shape index (κ2) is 2.00. The van der Waals surface area contributed by atoms with Gasteiger partial charge in [-0.1, -0.05) is 18.2 Å². The second-order valence-electron chi connectivity index (χ2n) is 3.60. The lowest BCUT2D eigenvalue weighted by atomic mass is 10.1. The monoisotopic (exact) mass is 162 g/mol. The highest BCUT2D eigenvalue weighted by molar-refractivity contribution is 5.87. The summed E-state index contributed by atoms with van der Waals surface area (Å²) in [5.74, 6) is 1.03. The minimum Gasteiger partial charge on any atom is -0.362 e. The van der Waals surface area contributed by atoms with Crippen molar-refractivity contribution in [3.05, 3.63) is 24.8 Å². The summed E-state index contributed by atoms with van der Waals surface area (Å²) < 4.78 is 0. The lowest BCUT2D eigenvalue weighted by Gasteiger charge is -2.09. The Bertz CT molecular complexity index is 290. The van der Waals surface area contributed by atoms with E-state index in [0.29, 0.717) is 0 Å². The van der Waals surface area contributed by atoms with Crippen LogP contribution >= 0.6 is 0 Å². The highest BCUT2D eigenvalue weighted by Gasteiger charge is 2.68. The van der Waals surface area contributed by atoms with Crippen molar-refractivity contribution in [2.24, 2.45) is 4.99 Å². The molecule has 0 aromatic carbocycles. The third-order valence-electron chi connectivity index (χ3n) is 2.76. The Morgan fingerprint density at radius 1 is 1.67 bits per heavy atom. The molecule has 0 saturated heterocycles. The molecule has 12 heavy (non-hydrogen) atoms. The molecule has 1 N–H and O–H groups in total. The Morgan fingerprint density at radius 2 is 2.42 bits per heavy atom. The van der Waals surface area contributed by atoms with Gasteiger partial charge in [0.25, 0.3) is 0 Å². The molecule has 1 aliphatic carbocycles. The molecule has 1 heterocycles. The van der Waals surface area contributed by atoms with Gasteiger partial charge in [0.1, 0.15) is 5.54 Å². The van der Waals surface area contributed by atoms with E-state index in [1.165, 1.54) is 0 Å². The Morgan fingerprint density at radius 3 is 3.00 bits per heavy atom. The van der Waals surface area contributed by atoms with Gasteiger partial charge >= 0.3 is 0 Å². The van der Waals surface area contributed by atoms with E-state index < -0.39 is 0 Å². The molecule has 64 valence electrons. The number of hydrogen-bond acceptors (Lipinski definition) is 2. The Kier molecular flexibility index (Phi) is 1.27. The fourth-order valence-electron chi connectivity index (χ4n) is 2.14. The first-order chi connectivity index (χ1) is 5.68. The number of amidine groups is 1. The Labute approximate surface area is 73.1 Å². The summed E-state index contributed by atoms with van der Waals surface area (Å²) in [6.45, 7) is 7.88. The van der Waals surface area contributed by atoms with Gasteiger partial charge in [0, 0.05) is 6.42 Å². The van der Waals surface area contributed by atoms with Crippen LogP contribution in [-0.2, 0) is 0 Å². The number of aliphatic imine (C=N–C) groups is 1. The summed E-state index contributed by atoms with van der Waals surface area (Å²) >= 11 is 0. The normalized spacial score (nSPS) is 43.7. The zero-order valence-electron chi connectivity index (χ0n) is 7.59. The molecule has 1 aliphatic heterocycles. The second-order valence-corrected chi connectivity index (χ2v) is 3.60. The van der Waals surface area contributed by atoms with Gasteiger partial charge in [-0.2, -0.15) is 0 Å². The van der Waals surface area contributed by atoms with E-state index in [2.05, 4.69) is 29.0 Å². The van der Waals surface area contributed by atoms with E-state index in [1.807, 2.05) is 19.9 Å². The highest BCUT2D eigenvalue weighted by Crippen LogP contribution is 2.56. The summed E-state index contributed by atoms with van der Waals surface area (Å²) in [7, 11) is 0. The Hall–Kier alpha value is -1.05. The number of nitrogens with one attached hydrogen (secondary N) is 1. The van der Waals surface area contributed by atoms with E-state index in [4.69, 9.17) is 0 Å². The molecule has 0 amide bonds. The minimum atomic E-state index is 0.00752. The SMILES string of the molecule is C=CC12CC1(/C=C\C)N=C(C)N2. The van der Waals surface area contributed by atoms with Crippen LogP contribution in [0.1, 0.15) is 20.3 Å². The van der Waals surface area contributed by atoms with Gasteiger partial charge in [0.05, 0.1) is 11.4 Å². The van der Waals surface area contributed by atoms with E-state index in [-0.39, 0.29) is 11.1 Å². The van der Waals surface area contributed by atoms with E-state index >= 15 is 0 Å². The van der Waals surface area contributed by atoms with Crippen molar-refractivity contribution in [3.63, 3.8) is 0 Å². The first-order valence-corrected chi connectivity index (χ1v) is 4.30. The van der Waals surface area contributed by atoms with Crippen molar-refractivity contribution in [1.82, 2.24) is 5.32 Å². The molecule has 2 unspecified atom stereocenters. The highest BCUT2D eigenvalue weighted by atomic mass is 15.3. The van der Waals surface area contributed by atoms with Gasteiger partial charge in [-0.25, -0.2) is 0 Å². The summed E-state index contributed by atoms with van der Waals surface area (Å²) in [6.07, 6.45) is 7.27. The first-order valence-electron chi connectivity index (χ1n) is 4.30. The maximum Gasteiger partial charge on any atom is 0.110 e. The van der Waals surface area contributed by atoms with Crippen LogP contribution in [0, 0.1) is 0 Å². The van der Waals surface area contributed by atoms with Crippen molar-refractivity contribution in [1.29, 1.82) is 0 Å². The number of allylic oxidation sites excluding steroid dienone is 1. The molecule has 0 aromatic heterocycles. The van der Waals surface area contributed by atoms with Crippen LogP contribution < -0.4 is 5.32 Å². The van der Waals surface area contributed by atoms with Crippen LogP contribution in [0.25, 0.3) is 0 Å². The van der Waals surface area contributed by atoms with Crippen LogP contribution in [-0.4, -0.2) is 16.9 Å². The molecule has 0 radical (unpaired) electrons. The van der Waals surface area contributed by atoms with Gasteiger partial charge in [-0.05, 0) is 13.8 Å². The summed E-state index contributed by atoms with van der Waals surface area (Å²) in [4.78, 5) is 4.57. The van der Waals surface area contributed by atoms with Crippen LogP contribution in [0.3, 0.4) is 0 Å². The smallest absolute Gasteiger partial charge is 0.110 e. The zero-order chi connectivity index (χ0) is 8.82. The van der Waals surface area contributed by atoms with Crippen LogP contribution in [0.5, 0.6) is 0 Å². The molecule has 0 spiro atoms. The third kappa shape index (κ3) is 0.675. The quantitative estimate of drug-likeness (QED) is 0.613. The molecular formula is C10H14N2. The fraction of sp³-hybridized carbons (Fsp3) is 0.500. The van der Waals surface area contributed by atoms with Crippen LogP contribution in [0.15, 0.2) is 29.8 Å². The predicted molar refractivity (Wildman–Crippen MR) is 51.3 cm³/mol. The molecule has 2 atom stereocenters. The van der Waals surface area contributed by atoms with E-state index in [0.717, 1.165) is 12.3 Å². The van der Waals surface area contributed by atoms with Crippen LogP contribution in [0.4, 0.5) is 0 Å². The molecule has 2 aliphatic rings. The van der Waals surface area contributed by atoms with Gasteiger partial charge in [-0.3, -0.25) is 4.99 Å². The number of fused-ring (bicyclic) bond motifs is 1. The standard InChI is InChI=1S/C10H14N2/c1-4-6-10-7-9(10,5-2)11-8(3)12-10/h4-6H,2,7H2,1,3H3,(H,11,12)/b6-4-. The van der Waals surface area contributed by atoms with Crippen molar-refractivity contribution in [2.45, 2.75) is 31.3 Å². The van der Waals surface area contributed by atoms with Gasteiger partial charge in [-0.15, -0.1) is 6.58 Å². The minimum absolute atomic E-state index is 0.00752. The molecule has 0 bridgehead atoms. The number of hydrogen-bond donors (Lipinski definition) is 1. The molecule has 2 nitrogen and oxygen atoms in total. The van der Waals surface area contributed by atoms with Crippen molar-refractivity contribution in [2.75, 3.05) is 0 Å². The average molecular weight is 162 g/mol. The number of nitrogens with zero attached hydrogens (tertiary/aromatic N) is 1. The number of rotatable bonds is 2. The maximum absolute atomic E-state index is 4.57. The summed E-state index contributed by atoms with van der Waals surface area (Å²) in [5, 5.41) is 3.36. The van der Waals surface area contributed by atoms with Gasteiger partial charge in [0.2, 0.25) is 0 Å². The molecular weight excluding hydrogens is 148 g/mol. The molecule has 1 saturated carbocycles. The summed E-state index contributed by atoms with van der Waals surface area (Å²) in [6, 6.07) is 0. The maximum atomic E-state index is 4.57. The van der Waals surface area contributed by atoms with Crippen LogP contribution in [0.2, 0.25) is 0 Å². The van der Waals surface area contributed by atoms with E-state index in [9.17, 15) is 0 Å². The first kappa shape index (κ1) is 7.59. The summed E-state index contributed by atoms with van der Waals surface area (Å²) in [5.41, 5.74) is 0.0528. The topological polar surface area (TPSA) is 24.4 Å². The molecule has 2 rings (SSSR count). The lowest BCUT2D eigenvalue weighted by Crippen LogP contribution is -2.32. The van der Waals surface area contributed by atoms with Crippen molar-refractivity contribution in [3.8, 4) is 0 Å². The average Bonchev–Trinajstić information content (AvgIpc) is 2.50. The Balaban J connectivity index is 2.35. The molecule has 2 heteroatoms. The van der Waals surface area contributed by atoms with Crippen molar-refractivity contribution < 1.29 is 0 Å². The largest absolute Gasteiger partial charge is 0.362 e. The zero-order valence-corrected chi connectivity index (χ0v) is 7.59. The van der Waals surface area contributed by atoms with E-state index in [1.54, 1.807) is 0 Å². The predicted octanol–water partition coefficient (Wildman–Crippen LogP) is 1.65. The molecule has 1 fully saturated rings. The van der Waals surface area contributed by atoms with Crippen molar-refractivity contribution >= 4 is 5.84 Å². The molecule has 0 aromatic rings. The third-order valence-corrected chi connectivity index (χ3v) is 2.76. The van der Waals surface area contributed by atoms with Gasteiger partial charge < -0.3 is 5.32 Å². The van der Waals surface area contributed by atoms with Gasteiger partial charge in [0.15, 0.2) is 0 Å².